The van der Waals surface area contributed by atoms with E-state index in [9.17, 15) is 0 Å². The van der Waals surface area contributed by atoms with Crippen LogP contribution in [-0.2, 0) is 0 Å². The van der Waals surface area contributed by atoms with Crippen LogP contribution in [-0.4, -0.2) is 6.04 Å². The van der Waals surface area contributed by atoms with E-state index in [4.69, 9.17) is 5.73 Å². The van der Waals surface area contributed by atoms with Crippen LogP contribution in [0.4, 0.5) is 0 Å². The highest BCUT2D eigenvalue weighted by molar-refractivity contribution is 5.02. The fourth-order valence-electron chi connectivity index (χ4n) is 1.61. The predicted octanol–water partition coefficient (Wildman–Crippen LogP) is 1.77. The maximum absolute atomic E-state index is 5.75. The van der Waals surface area contributed by atoms with Crippen molar-refractivity contribution < 1.29 is 0 Å². The molecule has 1 nitrogen and oxygen atoms in total. The van der Waals surface area contributed by atoms with E-state index in [0.29, 0.717) is 11.5 Å². The van der Waals surface area contributed by atoms with Crippen LogP contribution in [0.15, 0.2) is 0 Å². The Morgan fingerprint density at radius 3 is 2.22 bits per heavy atom. The summed E-state index contributed by atoms with van der Waals surface area (Å²) in [5.74, 6) is 0.809. The van der Waals surface area contributed by atoms with Gasteiger partial charge in [-0.25, -0.2) is 0 Å². The Morgan fingerprint density at radius 2 is 2.11 bits per heavy atom. The van der Waals surface area contributed by atoms with Gasteiger partial charge in [0.15, 0.2) is 0 Å². The van der Waals surface area contributed by atoms with Crippen LogP contribution in [0.25, 0.3) is 0 Å². The van der Waals surface area contributed by atoms with Crippen LogP contribution in [0.1, 0.15) is 33.6 Å². The van der Waals surface area contributed by atoms with Crippen molar-refractivity contribution in [3.05, 3.63) is 0 Å². The first-order valence-corrected chi connectivity index (χ1v) is 3.80. The zero-order chi connectivity index (χ0) is 7.07. The third-order valence-electron chi connectivity index (χ3n) is 2.30. The summed E-state index contributed by atoms with van der Waals surface area (Å²) < 4.78 is 0. The number of hydrogen-bond acceptors (Lipinski definition) is 1. The van der Waals surface area contributed by atoms with Crippen LogP contribution in [0.2, 0.25) is 0 Å². The Labute approximate surface area is 57.6 Å². The Morgan fingerprint density at radius 1 is 1.67 bits per heavy atom. The molecule has 0 saturated heterocycles. The number of nitrogens with two attached hydrogens (primary N) is 1. The summed E-state index contributed by atoms with van der Waals surface area (Å²) in [5, 5.41) is 0. The Hall–Kier alpha value is -0.0400. The van der Waals surface area contributed by atoms with Gasteiger partial charge in [0.2, 0.25) is 0 Å². The molecule has 9 heavy (non-hydrogen) atoms. The Kier molecular flexibility index (Phi) is 1.55. The van der Waals surface area contributed by atoms with Crippen molar-refractivity contribution in [2.24, 2.45) is 17.1 Å². The topological polar surface area (TPSA) is 26.0 Å². The molecule has 0 radical (unpaired) electrons. The van der Waals surface area contributed by atoms with Gasteiger partial charge in [0.25, 0.3) is 0 Å². The molecule has 0 bridgehead atoms. The lowest BCUT2D eigenvalue weighted by Gasteiger charge is -2.11. The summed E-state index contributed by atoms with van der Waals surface area (Å²) in [5.41, 5.74) is 6.26. The normalized spacial score (nSPS) is 41.7. The highest BCUT2D eigenvalue weighted by Gasteiger charge is 2.47. The van der Waals surface area contributed by atoms with E-state index in [0.717, 1.165) is 5.92 Å². The molecule has 1 saturated carbocycles. The second-order valence-electron chi connectivity index (χ2n) is 4.06. The molecule has 0 amide bonds. The number of rotatable bonds is 2. The highest BCUT2D eigenvalue weighted by Crippen LogP contribution is 2.48. The van der Waals surface area contributed by atoms with E-state index in [-0.39, 0.29) is 0 Å². The third kappa shape index (κ3) is 1.45. The van der Waals surface area contributed by atoms with Gasteiger partial charge in [0.05, 0.1) is 0 Å². The highest BCUT2D eigenvalue weighted by atomic mass is 14.8. The minimum atomic E-state index is 0.500. The van der Waals surface area contributed by atoms with Crippen molar-refractivity contribution in [2.45, 2.75) is 39.7 Å². The molecule has 1 aliphatic carbocycles. The standard InChI is InChI=1S/C8H17N/c1-6(2)4-8(3)5-7(8)9/h6-7H,4-5,9H2,1-3H3. The molecule has 1 heteroatoms. The molecule has 54 valence electrons. The van der Waals surface area contributed by atoms with Crippen molar-refractivity contribution in [3.8, 4) is 0 Å². The summed E-state index contributed by atoms with van der Waals surface area (Å²) in [6, 6.07) is 0.500. The Bertz CT molecular complexity index is 109. The molecule has 1 rings (SSSR count). The van der Waals surface area contributed by atoms with Gasteiger partial charge in [-0.05, 0) is 24.2 Å². The molecule has 0 aromatic carbocycles. The van der Waals surface area contributed by atoms with Gasteiger partial charge in [0, 0.05) is 6.04 Å². The molecule has 2 N–H and O–H groups in total. The van der Waals surface area contributed by atoms with Gasteiger partial charge in [-0.15, -0.1) is 0 Å². The van der Waals surface area contributed by atoms with Gasteiger partial charge in [-0.2, -0.15) is 0 Å². The maximum atomic E-state index is 5.75. The minimum absolute atomic E-state index is 0.500. The van der Waals surface area contributed by atoms with E-state index in [1.165, 1.54) is 12.8 Å². The molecule has 0 aliphatic heterocycles. The third-order valence-corrected chi connectivity index (χ3v) is 2.30. The van der Waals surface area contributed by atoms with Crippen LogP contribution < -0.4 is 5.73 Å². The van der Waals surface area contributed by atoms with Crippen LogP contribution >= 0.6 is 0 Å². The van der Waals surface area contributed by atoms with Gasteiger partial charge in [0.1, 0.15) is 0 Å². The molecular weight excluding hydrogens is 110 g/mol. The summed E-state index contributed by atoms with van der Waals surface area (Å²) in [6.07, 6.45) is 2.54. The average molecular weight is 127 g/mol. The second kappa shape index (κ2) is 1.98. The fourth-order valence-corrected chi connectivity index (χ4v) is 1.61. The van der Waals surface area contributed by atoms with Crippen LogP contribution in [0.3, 0.4) is 0 Å². The quantitative estimate of drug-likeness (QED) is 0.601. The summed E-state index contributed by atoms with van der Waals surface area (Å²) in [6.45, 7) is 6.81. The molecule has 0 heterocycles. The van der Waals surface area contributed by atoms with Crippen molar-refractivity contribution in [2.75, 3.05) is 0 Å². The van der Waals surface area contributed by atoms with Gasteiger partial charge >= 0.3 is 0 Å². The molecular formula is C8H17N. The van der Waals surface area contributed by atoms with Crippen molar-refractivity contribution >= 4 is 0 Å². The predicted molar refractivity (Wildman–Crippen MR) is 40.2 cm³/mol. The molecule has 0 spiro atoms. The summed E-state index contributed by atoms with van der Waals surface area (Å²) in [4.78, 5) is 0. The largest absolute Gasteiger partial charge is 0.327 e. The lowest BCUT2D eigenvalue weighted by atomic mass is 9.96. The van der Waals surface area contributed by atoms with E-state index in [1.54, 1.807) is 0 Å². The molecule has 0 aromatic heterocycles. The van der Waals surface area contributed by atoms with E-state index in [1.807, 2.05) is 0 Å². The monoisotopic (exact) mass is 127 g/mol. The SMILES string of the molecule is CC(C)CC1(C)CC1N. The molecule has 1 fully saturated rings. The zero-order valence-corrected chi connectivity index (χ0v) is 6.65. The second-order valence-corrected chi connectivity index (χ2v) is 4.06. The fraction of sp³-hybridized carbons (Fsp3) is 1.00. The molecule has 0 aromatic rings. The first kappa shape index (κ1) is 7.07. The average Bonchev–Trinajstić information content (AvgIpc) is 2.10. The van der Waals surface area contributed by atoms with Crippen molar-refractivity contribution in [1.29, 1.82) is 0 Å². The molecule has 1 aliphatic rings. The summed E-state index contributed by atoms with van der Waals surface area (Å²) in [7, 11) is 0. The van der Waals surface area contributed by atoms with Gasteiger partial charge in [-0.3, -0.25) is 0 Å². The van der Waals surface area contributed by atoms with E-state index >= 15 is 0 Å². The van der Waals surface area contributed by atoms with Crippen molar-refractivity contribution in [1.82, 2.24) is 0 Å². The summed E-state index contributed by atoms with van der Waals surface area (Å²) >= 11 is 0. The Balaban J connectivity index is 2.29. The first-order valence-electron chi connectivity index (χ1n) is 3.80. The van der Waals surface area contributed by atoms with E-state index < -0.39 is 0 Å². The van der Waals surface area contributed by atoms with Crippen molar-refractivity contribution in [3.63, 3.8) is 0 Å². The molecule has 2 unspecified atom stereocenters. The maximum Gasteiger partial charge on any atom is 0.00993 e. The smallest absolute Gasteiger partial charge is 0.00993 e. The van der Waals surface area contributed by atoms with Crippen LogP contribution in [0.5, 0.6) is 0 Å². The first-order chi connectivity index (χ1) is 4.04. The van der Waals surface area contributed by atoms with Gasteiger partial charge in [-0.1, -0.05) is 20.8 Å². The van der Waals surface area contributed by atoms with Crippen LogP contribution in [0, 0.1) is 11.3 Å². The number of hydrogen-bond donors (Lipinski definition) is 1. The van der Waals surface area contributed by atoms with E-state index in [2.05, 4.69) is 20.8 Å². The lowest BCUT2D eigenvalue weighted by molar-refractivity contribution is 0.409. The zero-order valence-electron chi connectivity index (χ0n) is 6.65. The molecule has 2 atom stereocenters. The minimum Gasteiger partial charge on any atom is -0.327 e. The van der Waals surface area contributed by atoms with Gasteiger partial charge < -0.3 is 5.73 Å². The lowest BCUT2D eigenvalue weighted by Crippen LogP contribution is -2.12.